The molecule has 0 saturated carbocycles. The number of halogens is 1. The van der Waals surface area contributed by atoms with Crippen LogP contribution in [-0.2, 0) is 6.54 Å². The van der Waals surface area contributed by atoms with Crippen molar-refractivity contribution in [1.82, 2.24) is 4.57 Å². The molecule has 0 amide bonds. The van der Waals surface area contributed by atoms with E-state index in [1.165, 1.54) is 0 Å². The summed E-state index contributed by atoms with van der Waals surface area (Å²) in [7, 11) is 0. The highest BCUT2D eigenvalue weighted by Crippen LogP contribution is 2.31. The summed E-state index contributed by atoms with van der Waals surface area (Å²) in [5.41, 5.74) is 1.95. The number of aromatic nitrogens is 1. The minimum absolute atomic E-state index is 0.0393. The van der Waals surface area contributed by atoms with Gasteiger partial charge in [-0.05, 0) is 65.4 Å². The summed E-state index contributed by atoms with van der Waals surface area (Å²) in [4.78, 5) is 12.7. The van der Waals surface area contributed by atoms with Gasteiger partial charge in [-0.25, -0.2) is 0 Å². The number of aryl methyl sites for hydroxylation is 1. The number of ether oxygens (including phenoxy) is 1. The number of fused-ring (bicyclic) bond motifs is 1. The number of pyridine rings is 1. The lowest BCUT2D eigenvalue weighted by atomic mass is 10.0. The van der Waals surface area contributed by atoms with Crippen molar-refractivity contribution in [3.05, 3.63) is 94.4 Å². The minimum atomic E-state index is -0.0393. The van der Waals surface area contributed by atoms with Crippen molar-refractivity contribution < 1.29 is 4.74 Å². The van der Waals surface area contributed by atoms with E-state index in [4.69, 9.17) is 16.3 Å². The third-order valence-electron chi connectivity index (χ3n) is 4.66. The molecule has 1 heterocycles. The number of benzene rings is 3. The van der Waals surface area contributed by atoms with Crippen LogP contribution in [0, 0.1) is 0 Å². The highest BCUT2D eigenvalue weighted by Gasteiger charge is 2.10. The zero-order valence-electron chi connectivity index (χ0n) is 15.6. The maximum Gasteiger partial charge on any atom is 0.259 e. The molecule has 0 spiro atoms. The van der Waals surface area contributed by atoms with Crippen molar-refractivity contribution in [1.29, 1.82) is 0 Å². The number of para-hydroxylation sites is 1. The Morgan fingerprint density at radius 1 is 0.893 bits per heavy atom. The minimum Gasteiger partial charge on any atom is -0.457 e. The maximum absolute atomic E-state index is 12.7. The van der Waals surface area contributed by atoms with Crippen LogP contribution in [0.3, 0.4) is 0 Å². The predicted molar refractivity (Wildman–Crippen MR) is 115 cm³/mol. The lowest BCUT2D eigenvalue weighted by Crippen LogP contribution is -2.19. The average Bonchev–Trinajstić information content (AvgIpc) is 2.71. The molecule has 140 valence electrons. The Bertz CT molecular complexity index is 1170. The number of hydrogen-bond acceptors (Lipinski definition) is 2. The van der Waals surface area contributed by atoms with Crippen LogP contribution in [0.5, 0.6) is 11.5 Å². The Labute approximate surface area is 168 Å². The van der Waals surface area contributed by atoms with Gasteiger partial charge < -0.3 is 9.30 Å². The van der Waals surface area contributed by atoms with Gasteiger partial charge in [0, 0.05) is 12.7 Å². The van der Waals surface area contributed by atoms with Crippen LogP contribution >= 0.6 is 11.6 Å². The van der Waals surface area contributed by atoms with Crippen LogP contribution in [0.1, 0.15) is 13.3 Å². The summed E-state index contributed by atoms with van der Waals surface area (Å²) in [6.45, 7) is 2.74. The van der Waals surface area contributed by atoms with Gasteiger partial charge in [0.25, 0.3) is 5.56 Å². The molecule has 0 saturated heterocycles. The van der Waals surface area contributed by atoms with Gasteiger partial charge in [0.15, 0.2) is 0 Å². The predicted octanol–water partition coefficient (Wildman–Crippen LogP) is 6.52. The smallest absolute Gasteiger partial charge is 0.259 e. The summed E-state index contributed by atoms with van der Waals surface area (Å²) in [6, 6.07) is 23.3. The van der Waals surface area contributed by atoms with Crippen LogP contribution in [-0.4, -0.2) is 4.57 Å². The van der Waals surface area contributed by atoms with Crippen LogP contribution in [0.4, 0.5) is 0 Å². The maximum atomic E-state index is 12.7. The molecule has 0 N–H and O–H groups in total. The summed E-state index contributed by atoms with van der Waals surface area (Å²) in [5, 5.41) is 1.91. The summed E-state index contributed by atoms with van der Waals surface area (Å²) >= 11 is 6.49. The molecule has 28 heavy (non-hydrogen) atoms. The lowest BCUT2D eigenvalue weighted by molar-refractivity contribution is 0.483. The molecular weight excluding hydrogens is 370 g/mol. The third kappa shape index (κ3) is 3.67. The number of rotatable bonds is 5. The summed E-state index contributed by atoms with van der Waals surface area (Å²) in [6.07, 6.45) is 2.74. The van der Waals surface area contributed by atoms with E-state index in [0.717, 1.165) is 34.4 Å². The highest BCUT2D eigenvalue weighted by molar-refractivity contribution is 6.35. The molecule has 4 aromatic rings. The zero-order chi connectivity index (χ0) is 19.5. The van der Waals surface area contributed by atoms with Crippen LogP contribution in [0.2, 0.25) is 5.02 Å². The molecule has 0 aliphatic heterocycles. The Morgan fingerprint density at radius 2 is 1.61 bits per heavy atom. The van der Waals surface area contributed by atoms with Gasteiger partial charge in [0.05, 0.1) is 10.4 Å². The second kappa shape index (κ2) is 7.91. The van der Waals surface area contributed by atoms with Gasteiger partial charge in [-0.1, -0.05) is 48.9 Å². The molecule has 4 rings (SSSR count). The molecule has 3 nitrogen and oxygen atoms in total. The fourth-order valence-electron chi connectivity index (χ4n) is 3.29. The van der Waals surface area contributed by atoms with Crippen molar-refractivity contribution in [3.63, 3.8) is 0 Å². The highest BCUT2D eigenvalue weighted by atomic mass is 35.5. The number of nitrogens with zero attached hydrogens (tertiary/aromatic N) is 1. The van der Waals surface area contributed by atoms with E-state index >= 15 is 0 Å². The lowest BCUT2D eigenvalue weighted by Gasteiger charge is -2.10. The van der Waals surface area contributed by atoms with Gasteiger partial charge in [0.1, 0.15) is 11.5 Å². The Hall–Kier alpha value is -3.04. The largest absolute Gasteiger partial charge is 0.457 e. The fraction of sp³-hybridized carbons (Fsp3) is 0.125. The van der Waals surface area contributed by atoms with E-state index in [9.17, 15) is 4.79 Å². The van der Waals surface area contributed by atoms with Gasteiger partial charge in [0.2, 0.25) is 0 Å². The van der Waals surface area contributed by atoms with Gasteiger partial charge in [-0.3, -0.25) is 4.79 Å². The Morgan fingerprint density at radius 3 is 2.32 bits per heavy atom. The molecule has 0 aliphatic rings. The normalized spacial score (nSPS) is 10.9. The van der Waals surface area contributed by atoms with Crippen molar-refractivity contribution in [3.8, 4) is 22.6 Å². The standard InChI is InChI=1S/C24H20ClNO2/c1-2-13-26-14-12-18-15-19(16-22(25)23(18)24(26)27)17-8-10-21(11-9-17)28-20-6-4-3-5-7-20/h3-12,14-16H,2,13H2,1H3. The molecule has 4 heteroatoms. The van der Waals surface area contributed by atoms with Crippen molar-refractivity contribution in [2.75, 3.05) is 0 Å². The molecular formula is C24H20ClNO2. The van der Waals surface area contributed by atoms with Crippen molar-refractivity contribution in [2.24, 2.45) is 0 Å². The zero-order valence-corrected chi connectivity index (χ0v) is 16.3. The quantitative estimate of drug-likeness (QED) is 0.389. The van der Waals surface area contributed by atoms with E-state index in [1.54, 1.807) is 4.57 Å². The van der Waals surface area contributed by atoms with Crippen molar-refractivity contribution >= 4 is 22.4 Å². The molecule has 0 fully saturated rings. The van der Waals surface area contributed by atoms with Crippen molar-refractivity contribution in [2.45, 2.75) is 19.9 Å². The first kappa shape index (κ1) is 18.3. The fourth-order valence-corrected chi connectivity index (χ4v) is 3.60. The van der Waals surface area contributed by atoms with Gasteiger partial charge in [-0.15, -0.1) is 0 Å². The molecule has 0 atom stereocenters. The van der Waals surface area contributed by atoms with Crippen LogP contribution in [0.15, 0.2) is 83.8 Å². The summed E-state index contributed by atoms with van der Waals surface area (Å²) < 4.78 is 7.56. The van der Waals surface area contributed by atoms with E-state index in [0.29, 0.717) is 17.0 Å². The second-order valence-corrected chi connectivity index (χ2v) is 7.08. The van der Waals surface area contributed by atoms with E-state index < -0.39 is 0 Å². The SMILES string of the molecule is CCCn1ccc2cc(-c3ccc(Oc4ccccc4)cc3)cc(Cl)c2c1=O. The molecule has 0 aliphatic carbocycles. The van der Waals surface area contributed by atoms with Gasteiger partial charge in [-0.2, -0.15) is 0 Å². The van der Waals surface area contributed by atoms with E-state index in [-0.39, 0.29) is 5.56 Å². The molecule has 0 unspecified atom stereocenters. The molecule has 0 radical (unpaired) electrons. The first-order valence-electron chi connectivity index (χ1n) is 9.32. The monoisotopic (exact) mass is 389 g/mol. The second-order valence-electron chi connectivity index (χ2n) is 6.68. The van der Waals surface area contributed by atoms with Crippen LogP contribution in [0.25, 0.3) is 21.9 Å². The molecule has 1 aromatic heterocycles. The third-order valence-corrected chi connectivity index (χ3v) is 4.96. The van der Waals surface area contributed by atoms with Crippen LogP contribution < -0.4 is 10.3 Å². The topological polar surface area (TPSA) is 31.2 Å². The first-order valence-corrected chi connectivity index (χ1v) is 9.69. The Balaban J connectivity index is 1.67. The summed E-state index contributed by atoms with van der Waals surface area (Å²) in [5.74, 6) is 1.57. The van der Waals surface area contributed by atoms with E-state index in [1.807, 2.05) is 85.9 Å². The first-order chi connectivity index (χ1) is 13.7. The molecule has 3 aromatic carbocycles. The van der Waals surface area contributed by atoms with Gasteiger partial charge >= 0.3 is 0 Å². The number of hydrogen-bond donors (Lipinski definition) is 0. The van der Waals surface area contributed by atoms with E-state index in [2.05, 4.69) is 0 Å². The molecule has 0 bridgehead atoms. The average molecular weight is 390 g/mol. The Kier molecular flexibility index (Phi) is 5.18.